The largest absolute Gasteiger partial charge is 0.481 e. The molecule has 182 valence electrons. The van der Waals surface area contributed by atoms with E-state index in [-0.39, 0.29) is 18.3 Å². The topological polar surface area (TPSA) is 49.3 Å². The van der Waals surface area contributed by atoms with Gasteiger partial charge in [-0.05, 0) is 93.0 Å². The van der Waals surface area contributed by atoms with Gasteiger partial charge < -0.3 is 10.4 Å². The molecule has 3 nitrogen and oxygen atoms in total. The average Bonchev–Trinajstić information content (AvgIpc) is 3.24. The van der Waals surface area contributed by atoms with Crippen molar-refractivity contribution in [3.8, 4) is 0 Å². The van der Waals surface area contributed by atoms with Gasteiger partial charge in [0.15, 0.2) is 0 Å². The SMILES string of the molecule is CC(C)CCNCC1CCCC1.O=C(O)CC1CCCC(c2ccc(C(F)(F)F)cc2)C1. The third-order valence-electron chi connectivity index (χ3n) is 6.76. The van der Waals surface area contributed by atoms with E-state index < -0.39 is 17.7 Å². The molecule has 1 aromatic carbocycles. The predicted molar refractivity (Wildman–Crippen MR) is 123 cm³/mol. The fourth-order valence-electron chi connectivity index (χ4n) is 4.88. The number of halogens is 3. The van der Waals surface area contributed by atoms with Crippen LogP contribution in [0.25, 0.3) is 0 Å². The molecule has 0 bridgehead atoms. The summed E-state index contributed by atoms with van der Waals surface area (Å²) in [7, 11) is 0. The van der Waals surface area contributed by atoms with Crippen LogP contribution in [0.15, 0.2) is 24.3 Å². The van der Waals surface area contributed by atoms with E-state index in [0.717, 1.165) is 55.2 Å². The normalized spacial score (nSPS) is 21.9. The molecule has 0 spiro atoms. The van der Waals surface area contributed by atoms with Crippen LogP contribution in [0.3, 0.4) is 0 Å². The number of rotatable bonds is 8. The summed E-state index contributed by atoms with van der Waals surface area (Å²) < 4.78 is 37.5. The highest BCUT2D eigenvalue weighted by Crippen LogP contribution is 2.38. The summed E-state index contributed by atoms with van der Waals surface area (Å²) in [5, 5.41) is 12.4. The van der Waals surface area contributed by atoms with Crippen molar-refractivity contribution >= 4 is 5.97 Å². The highest BCUT2D eigenvalue weighted by molar-refractivity contribution is 5.67. The number of hydrogen-bond donors (Lipinski definition) is 2. The second-order valence-electron chi connectivity index (χ2n) is 9.98. The van der Waals surface area contributed by atoms with Gasteiger partial charge in [-0.15, -0.1) is 0 Å². The Labute approximate surface area is 191 Å². The summed E-state index contributed by atoms with van der Waals surface area (Å²) in [4.78, 5) is 10.7. The van der Waals surface area contributed by atoms with E-state index in [2.05, 4.69) is 19.2 Å². The molecule has 0 aliphatic heterocycles. The lowest BCUT2D eigenvalue weighted by Gasteiger charge is -2.28. The van der Waals surface area contributed by atoms with Gasteiger partial charge in [-0.25, -0.2) is 0 Å². The summed E-state index contributed by atoms with van der Waals surface area (Å²) in [5.74, 6) is 1.35. The van der Waals surface area contributed by atoms with Crippen LogP contribution in [0.4, 0.5) is 13.2 Å². The zero-order chi connectivity index (χ0) is 23.6. The maximum atomic E-state index is 12.5. The summed E-state index contributed by atoms with van der Waals surface area (Å²) in [5.41, 5.74) is 0.243. The highest BCUT2D eigenvalue weighted by Gasteiger charge is 2.31. The van der Waals surface area contributed by atoms with Crippen molar-refractivity contribution in [3.05, 3.63) is 35.4 Å². The molecule has 0 saturated heterocycles. The molecule has 2 aliphatic rings. The van der Waals surface area contributed by atoms with Gasteiger partial charge in [0.2, 0.25) is 0 Å². The Hall–Kier alpha value is -1.56. The van der Waals surface area contributed by atoms with E-state index in [1.54, 1.807) is 0 Å². The van der Waals surface area contributed by atoms with Crippen molar-refractivity contribution in [2.75, 3.05) is 13.1 Å². The van der Waals surface area contributed by atoms with Crippen molar-refractivity contribution < 1.29 is 23.1 Å². The fourth-order valence-corrected chi connectivity index (χ4v) is 4.88. The molecule has 2 atom stereocenters. The smallest absolute Gasteiger partial charge is 0.416 e. The van der Waals surface area contributed by atoms with Crippen LogP contribution in [0.5, 0.6) is 0 Å². The van der Waals surface area contributed by atoms with Crippen molar-refractivity contribution in [2.24, 2.45) is 17.8 Å². The molecular weight excluding hydrogens is 415 g/mol. The lowest BCUT2D eigenvalue weighted by Crippen LogP contribution is -2.23. The quantitative estimate of drug-likeness (QED) is 0.405. The van der Waals surface area contributed by atoms with E-state index in [0.29, 0.717) is 0 Å². The number of hydrogen-bond acceptors (Lipinski definition) is 2. The second-order valence-corrected chi connectivity index (χ2v) is 9.98. The van der Waals surface area contributed by atoms with Crippen molar-refractivity contribution in [2.45, 2.75) is 90.1 Å². The van der Waals surface area contributed by atoms with E-state index in [1.807, 2.05) is 0 Å². The van der Waals surface area contributed by atoms with Gasteiger partial charge >= 0.3 is 12.1 Å². The zero-order valence-electron chi connectivity index (χ0n) is 19.6. The molecule has 6 heteroatoms. The van der Waals surface area contributed by atoms with Gasteiger partial charge in [-0.1, -0.05) is 45.2 Å². The standard InChI is InChI=1S/C15H17F3O2.C11H23N/c16-15(17,18)13-6-4-11(5-7-13)12-3-1-2-10(8-12)9-14(19)20;1-10(2)7-8-12-9-11-5-3-4-6-11/h4-7,10,12H,1-3,8-9H2,(H,19,20);10-12H,3-9H2,1-2H3. The number of carboxylic acids is 1. The Kier molecular flexibility index (Phi) is 11.0. The number of nitrogens with one attached hydrogen (secondary N) is 1. The lowest BCUT2D eigenvalue weighted by atomic mass is 9.77. The first kappa shape index (κ1) is 26.7. The van der Waals surface area contributed by atoms with Gasteiger partial charge in [0.25, 0.3) is 0 Å². The molecule has 1 aromatic rings. The third kappa shape index (κ3) is 9.93. The van der Waals surface area contributed by atoms with Crippen LogP contribution in [0.1, 0.15) is 95.1 Å². The maximum Gasteiger partial charge on any atom is 0.416 e. The van der Waals surface area contributed by atoms with Crippen LogP contribution in [0.2, 0.25) is 0 Å². The summed E-state index contributed by atoms with van der Waals surface area (Å²) >= 11 is 0. The number of benzene rings is 1. The van der Waals surface area contributed by atoms with E-state index in [9.17, 15) is 18.0 Å². The Morgan fingerprint density at radius 3 is 2.22 bits per heavy atom. The van der Waals surface area contributed by atoms with Gasteiger partial charge in [0.1, 0.15) is 0 Å². The zero-order valence-corrected chi connectivity index (χ0v) is 19.6. The minimum atomic E-state index is -4.31. The molecule has 32 heavy (non-hydrogen) atoms. The van der Waals surface area contributed by atoms with Crippen LogP contribution in [0, 0.1) is 17.8 Å². The van der Waals surface area contributed by atoms with Gasteiger partial charge in [-0.2, -0.15) is 13.2 Å². The lowest BCUT2D eigenvalue weighted by molar-refractivity contribution is -0.139. The minimum Gasteiger partial charge on any atom is -0.481 e. The highest BCUT2D eigenvalue weighted by atomic mass is 19.4. The Bertz CT molecular complexity index is 667. The molecule has 0 radical (unpaired) electrons. The number of carboxylic acid groups (broad SMARTS) is 1. The molecule has 3 rings (SSSR count). The number of carbonyl (C=O) groups is 1. The van der Waals surface area contributed by atoms with E-state index in [1.165, 1.54) is 57.3 Å². The minimum absolute atomic E-state index is 0.133. The van der Waals surface area contributed by atoms with Crippen molar-refractivity contribution in [1.82, 2.24) is 5.32 Å². The molecule has 2 unspecified atom stereocenters. The van der Waals surface area contributed by atoms with Crippen LogP contribution < -0.4 is 5.32 Å². The van der Waals surface area contributed by atoms with Gasteiger partial charge in [-0.3, -0.25) is 4.79 Å². The molecule has 0 amide bonds. The Morgan fingerprint density at radius 1 is 1.03 bits per heavy atom. The molecule has 0 aromatic heterocycles. The molecule has 2 N–H and O–H groups in total. The average molecular weight is 456 g/mol. The summed E-state index contributed by atoms with van der Waals surface area (Å²) in [6.45, 7) is 7.06. The first-order chi connectivity index (χ1) is 15.1. The van der Waals surface area contributed by atoms with E-state index >= 15 is 0 Å². The third-order valence-corrected chi connectivity index (χ3v) is 6.76. The van der Waals surface area contributed by atoms with Crippen LogP contribution >= 0.6 is 0 Å². The molecule has 0 heterocycles. The van der Waals surface area contributed by atoms with Gasteiger partial charge in [0, 0.05) is 6.42 Å². The Balaban J connectivity index is 0.000000258. The maximum absolute atomic E-state index is 12.5. The molecule has 2 saturated carbocycles. The number of alkyl halides is 3. The van der Waals surface area contributed by atoms with E-state index in [4.69, 9.17) is 5.11 Å². The van der Waals surface area contributed by atoms with Crippen LogP contribution in [-0.4, -0.2) is 24.2 Å². The molecule has 2 aliphatic carbocycles. The van der Waals surface area contributed by atoms with Crippen LogP contribution in [-0.2, 0) is 11.0 Å². The first-order valence-corrected chi connectivity index (χ1v) is 12.2. The fraction of sp³-hybridized carbons (Fsp3) is 0.731. The summed E-state index contributed by atoms with van der Waals surface area (Å²) in [6.07, 6.45) is 6.53. The molecular formula is C26H40F3NO2. The van der Waals surface area contributed by atoms with Gasteiger partial charge in [0.05, 0.1) is 5.56 Å². The Morgan fingerprint density at radius 2 is 1.66 bits per heavy atom. The number of aliphatic carboxylic acids is 1. The second kappa shape index (κ2) is 13.2. The van der Waals surface area contributed by atoms with Crippen molar-refractivity contribution in [1.29, 1.82) is 0 Å². The van der Waals surface area contributed by atoms with Crippen molar-refractivity contribution in [3.63, 3.8) is 0 Å². The molecule has 2 fully saturated rings. The monoisotopic (exact) mass is 455 g/mol. The predicted octanol–water partition coefficient (Wildman–Crippen LogP) is 7.27. The first-order valence-electron chi connectivity index (χ1n) is 12.2. The summed E-state index contributed by atoms with van der Waals surface area (Å²) in [6, 6.07) is 5.26.